The lowest BCUT2D eigenvalue weighted by molar-refractivity contribution is 1.04. The summed E-state index contributed by atoms with van der Waals surface area (Å²) in [5.41, 5.74) is 4.39. The Bertz CT molecular complexity index is 880. The molecule has 0 atom stereocenters. The first-order valence-corrected chi connectivity index (χ1v) is 7.18. The van der Waals surface area contributed by atoms with Gasteiger partial charge in [0.15, 0.2) is 10.4 Å². The van der Waals surface area contributed by atoms with E-state index in [1.807, 2.05) is 36.6 Å². The molecule has 0 aliphatic heterocycles. The van der Waals surface area contributed by atoms with Crippen LogP contribution in [0.5, 0.6) is 0 Å². The first-order chi connectivity index (χ1) is 9.49. The number of halogens is 2. The number of hydrogen-bond donors (Lipinski definition) is 1. The number of aromatic amines is 1. The Balaban J connectivity index is 2.41. The molecule has 0 unspecified atom stereocenters. The van der Waals surface area contributed by atoms with Crippen molar-refractivity contribution in [2.45, 2.75) is 13.8 Å². The number of aryl methyl sites for hydroxylation is 2. The second-order valence-corrected chi connectivity index (χ2v) is 5.85. The van der Waals surface area contributed by atoms with Crippen molar-refractivity contribution >= 4 is 46.6 Å². The van der Waals surface area contributed by atoms with Gasteiger partial charge in [0, 0.05) is 11.2 Å². The topological polar surface area (TPSA) is 33.6 Å². The third kappa shape index (κ3) is 2.04. The van der Waals surface area contributed by atoms with Crippen molar-refractivity contribution in [2.75, 3.05) is 0 Å². The lowest BCUT2D eigenvalue weighted by Gasteiger charge is -2.09. The Morgan fingerprint density at radius 3 is 2.65 bits per heavy atom. The Labute approximate surface area is 131 Å². The zero-order valence-electron chi connectivity index (χ0n) is 10.9. The predicted molar refractivity (Wildman–Crippen MR) is 85.7 cm³/mol. The Morgan fingerprint density at radius 1 is 1.15 bits per heavy atom. The van der Waals surface area contributed by atoms with E-state index < -0.39 is 0 Å². The van der Waals surface area contributed by atoms with E-state index in [4.69, 9.17) is 35.4 Å². The highest BCUT2D eigenvalue weighted by molar-refractivity contribution is 7.71. The molecule has 3 rings (SSSR count). The maximum absolute atomic E-state index is 6.34. The zero-order chi connectivity index (χ0) is 14.4. The van der Waals surface area contributed by atoms with Crippen molar-refractivity contribution in [1.82, 2.24) is 14.5 Å². The van der Waals surface area contributed by atoms with E-state index in [9.17, 15) is 0 Å². The van der Waals surface area contributed by atoms with E-state index in [2.05, 4.69) is 9.97 Å². The summed E-state index contributed by atoms with van der Waals surface area (Å²) >= 11 is 17.9. The normalized spacial score (nSPS) is 11.2. The lowest BCUT2D eigenvalue weighted by atomic mass is 10.2. The first kappa shape index (κ1) is 13.6. The third-order valence-electron chi connectivity index (χ3n) is 3.26. The Morgan fingerprint density at radius 2 is 1.90 bits per heavy atom. The van der Waals surface area contributed by atoms with Gasteiger partial charge in [0.1, 0.15) is 0 Å². The molecule has 0 spiro atoms. The summed E-state index contributed by atoms with van der Waals surface area (Å²) in [7, 11) is 0. The van der Waals surface area contributed by atoms with Crippen LogP contribution in [0.15, 0.2) is 24.4 Å². The van der Waals surface area contributed by atoms with Crippen LogP contribution in [0.1, 0.15) is 11.1 Å². The van der Waals surface area contributed by atoms with Crippen LogP contribution in [0.2, 0.25) is 10.0 Å². The second kappa shape index (κ2) is 4.88. The second-order valence-electron chi connectivity index (χ2n) is 4.64. The number of H-pyrrole nitrogens is 1. The number of nitrogens with one attached hydrogen (secondary N) is 1. The van der Waals surface area contributed by atoms with E-state index in [1.54, 1.807) is 6.20 Å². The summed E-state index contributed by atoms with van der Waals surface area (Å²) in [6, 6.07) is 5.57. The molecule has 0 aliphatic rings. The molecule has 0 amide bonds. The van der Waals surface area contributed by atoms with Crippen molar-refractivity contribution < 1.29 is 0 Å². The SMILES string of the molecule is Cc1cc(Cl)c(-n2c(=S)[nH]c3c(C)ccnc32)cc1Cl. The van der Waals surface area contributed by atoms with Crippen LogP contribution in [0.3, 0.4) is 0 Å². The molecule has 0 radical (unpaired) electrons. The Hall–Kier alpha value is -1.36. The van der Waals surface area contributed by atoms with Crippen LogP contribution in [0.4, 0.5) is 0 Å². The molecule has 2 aromatic heterocycles. The summed E-state index contributed by atoms with van der Waals surface area (Å²) in [4.78, 5) is 7.56. The van der Waals surface area contributed by atoms with E-state index in [0.29, 0.717) is 14.8 Å². The standard InChI is InChI=1S/C14H11Cl2N3S/c1-7-3-4-17-13-12(7)18-14(20)19(13)11-6-9(15)8(2)5-10(11)16/h3-6H,1-2H3,(H,18,20). The molecule has 1 N–H and O–H groups in total. The van der Waals surface area contributed by atoms with E-state index in [1.165, 1.54) is 0 Å². The quantitative estimate of drug-likeness (QED) is 0.639. The monoisotopic (exact) mass is 323 g/mol. The number of imidazole rings is 1. The first-order valence-electron chi connectivity index (χ1n) is 6.01. The number of pyridine rings is 1. The molecule has 1 aromatic carbocycles. The number of aromatic nitrogens is 3. The van der Waals surface area contributed by atoms with Gasteiger partial charge in [-0.25, -0.2) is 4.98 Å². The van der Waals surface area contributed by atoms with Crippen molar-refractivity contribution in [2.24, 2.45) is 0 Å². The zero-order valence-corrected chi connectivity index (χ0v) is 13.2. The van der Waals surface area contributed by atoms with Gasteiger partial charge in [-0.15, -0.1) is 0 Å². The number of fused-ring (bicyclic) bond motifs is 1. The van der Waals surface area contributed by atoms with Gasteiger partial charge >= 0.3 is 0 Å². The average Bonchev–Trinajstić information content (AvgIpc) is 2.72. The van der Waals surface area contributed by atoms with E-state index in [-0.39, 0.29) is 0 Å². The smallest absolute Gasteiger partial charge is 0.184 e. The van der Waals surface area contributed by atoms with Gasteiger partial charge in [-0.2, -0.15) is 0 Å². The highest BCUT2D eigenvalue weighted by Crippen LogP contribution is 2.30. The summed E-state index contributed by atoms with van der Waals surface area (Å²) in [6.45, 7) is 3.91. The molecule has 0 bridgehead atoms. The average molecular weight is 324 g/mol. The van der Waals surface area contributed by atoms with Crippen molar-refractivity contribution in [3.8, 4) is 5.69 Å². The molecule has 6 heteroatoms. The molecule has 3 aromatic rings. The minimum atomic E-state index is 0.545. The molecule has 2 heterocycles. The fourth-order valence-electron chi connectivity index (χ4n) is 2.16. The molecule has 20 heavy (non-hydrogen) atoms. The number of benzene rings is 1. The highest BCUT2D eigenvalue weighted by Gasteiger charge is 2.13. The number of nitrogens with zero attached hydrogens (tertiary/aromatic N) is 2. The molecule has 0 aliphatic carbocycles. The van der Waals surface area contributed by atoms with E-state index in [0.717, 1.165) is 28.0 Å². The lowest BCUT2D eigenvalue weighted by Crippen LogP contribution is -1.97. The molecular weight excluding hydrogens is 313 g/mol. The van der Waals surface area contributed by atoms with Gasteiger partial charge in [-0.3, -0.25) is 4.57 Å². The van der Waals surface area contributed by atoms with Gasteiger partial charge in [0.2, 0.25) is 0 Å². The summed E-state index contributed by atoms with van der Waals surface area (Å²) in [5.74, 6) is 0. The molecular formula is C14H11Cl2N3S. The molecule has 3 nitrogen and oxygen atoms in total. The maximum atomic E-state index is 6.34. The van der Waals surface area contributed by atoms with Gasteiger partial charge in [0.05, 0.1) is 16.2 Å². The molecule has 102 valence electrons. The largest absolute Gasteiger partial charge is 0.329 e. The fraction of sp³-hybridized carbons (Fsp3) is 0.143. The summed E-state index contributed by atoms with van der Waals surface area (Å²) < 4.78 is 2.36. The van der Waals surface area contributed by atoms with Crippen molar-refractivity contribution in [1.29, 1.82) is 0 Å². The molecule has 0 saturated heterocycles. The van der Waals surface area contributed by atoms with Crippen LogP contribution >= 0.6 is 35.4 Å². The van der Waals surface area contributed by atoms with Crippen LogP contribution < -0.4 is 0 Å². The Kier molecular flexibility index (Phi) is 3.32. The minimum absolute atomic E-state index is 0.545. The van der Waals surface area contributed by atoms with E-state index >= 15 is 0 Å². The van der Waals surface area contributed by atoms with Crippen LogP contribution in [-0.4, -0.2) is 14.5 Å². The molecule has 0 saturated carbocycles. The van der Waals surface area contributed by atoms with Crippen molar-refractivity contribution in [3.05, 3.63) is 50.3 Å². The van der Waals surface area contributed by atoms with Crippen LogP contribution in [0, 0.1) is 18.6 Å². The fourth-order valence-corrected chi connectivity index (χ4v) is 2.91. The van der Waals surface area contributed by atoms with Gasteiger partial charge in [0.25, 0.3) is 0 Å². The number of rotatable bonds is 1. The van der Waals surface area contributed by atoms with Gasteiger partial charge < -0.3 is 4.98 Å². The van der Waals surface area contributed by atoms with Crippen molar-refractivity contribution in [3.63, 3.8) is 0 Å². The van der Waals surface area contributed by atoms with Gasteiger partial charge in [-0.05, 0) is 55.4 Å². The third-order valence-corrected chi connectivity index (χ3v) is 4.25. The number of hydrogen-bond acceptors (Lipinski definition) is 2. The molecule has 0 fully saturated rings. The highest BCUT2D eigenvalue weighted by atomic mass is 35.5. The van der Waals surface area contributed by atoms with Crippen LogP contribution in [0.25, 0.3) is 16.9 Å². The van der Waals surface area contributed by atoms with Gasteiger partial charge in [-0.1, -0.05) is 23.2 Å². The van der Waals surface area contributed by atoms with Crippen LogP contribution in [-0.2, 0) is 0 Å². The maximum Gasteiger partial charge on any atom is 0.184 e. The predicted octanol–water partition coefficient (Wildman–Crippen LogP) is 5.01. The summed E-state index contributed by atoms with van der Waals surface area (Å²) in [6.07, 6.45) is 1.75. The minimum Gasteiger partial charge on any atom is -0.329 e. The summed E-state index contributed by atoms with van der Waals surface area (Å²) in [5, 5.41) is 1.24.